The highest BCUT2D eigenvalue weighted by Gasteiger charge is 2.17. The molecular weight excluding hydrogens is 406 g/mol. The maximum absolute atomic E-state index is 12.5. The third kappa shape index (κ3) is 3.68. The second-order valence-electron chi connectivity index (χ2n) is 6.54. The predicted molar refractivity (Wildman–Crippen MR) is 113 cm³/mol. The lowest BCUT2D eigenvalue weighted by molar-refractivity contribution is 0.0843. The summed E-state index contributed by atoms with van der Waals surface area (Å²) >= 11 is 5.91. The Bertz CT molecular complexity index is 1320. The number of hydrazine groups is 1. The summed E-state index contributed by atoms with van der Waals surface area (Å²) in [7, 11) is 0. The zero-order chi connectivity index (χ0) is 21.3. The number of nitrogens with one attached hydrogen (secondary N) is 3. The summed E-state index contributed by atoms with van der Waals surface area (Å²) in [5.74, 6) is -1.35. The third-order valence-electron chi connectivity index (χ3n) is 4.52. The highest BCUT2D eigenvalue weighted by Crippen LogP contribution is 2.17. The summed E-state index contributed by atoms with van der Waals surface area (Å²) in [6.07, 6.45) is 1.55. The average Bonchev–Trinajstić information content (AvgIpc) is 3.17. The molecule has 2 aromatic carbocycles. The van der Waals surface area contributed by atoms with Gasteiger partial charge in [-0.1, -0.05) is 29.8 Å². The summed E-state index contributed by atoms with van der Waals surface area (Å²) in [6, 6.07) is 15.4. The lowest BCUT2D eigenvalue weighted by atomic mass is 10.2. The molecule has 9 heteroatoms. The normalized spacial score (nSPS) is 10.7. The van der Waals surface area contributed by atoms with Crippen molar-refractivity contribution in [2.24, 2.45) is 0 Å². The number of carbonyl (C=O) groups is 2. The Morgan fingerprint density at radius 2 is 1.73 bits per heavy atom. The molecule has 0 radical (unpaired) electrons. The smallest absolute Gasteiger partial charge is 0.294 e. The van der Waals surface area contributed by atoms with Crippen LogP contribution >= 0.6 is 11.6 Å². The molecule has 0 saturated heterocycles. The second-order valence-corrected chi connectivity index (χ2v) is 6.98. The van der Waals surface area contributed by atoms with Gasteiger partial charge in [-0.25, -0.2) is 4.68 Å². The molecule has 2 aromatic heterocycles. The zero-order valence-electron chi connectivity index (χ0n) is 15.8. The van der Waals surface area contributed by atoms with Crippen molar-refractivity contribution in [2.45, 2.75) is 6.92 Å². The highest BCUT2D eigenvalue weighted by atomic mass is 35.5. The van der Waals surface area contributed by atoms with Crippen LogP contribution in [0.2, 0.25) is 5.02 Å². The molecule has 30 heavy (non-hydrogen) atoms. The average molecular weight is 422 g/mol. The van der Waals surface area contributed by atoms with Gasteiger partial charge in [0.15, 0.2) is 5.69 Å². The van der Waals surface area contributed by atoms with Gasteiger partial charge in [-0.15, -0.1) is 0 Å². The van der Waals surface area contributed by atoms with Gasteiger partial charge in [-0.3, -0.25) is 25.2 Å². The number of H-pyrrole nitrogens is 1. The molecule has 0 bridgehead atoms. The molecule has 0 aliphatic heterocycles. The minimum atomic E-state index is -0.823. The van der Waals surface area contributed by atoms with Crippen molar-refractivity contribution in [1.82, 2.24) is 25.6 Å². The first kappa shape index (κ1) is 19.4. The Balaban J connectivity index is 1.56. The van der Waals surface area contributed by atoms with E-state index in [2.05, 4.69) is 20.9 Å². The number of amides is 2. The van der Waals surface area contributed by atoms with Crippen molar-refractivity contribution in [3.63, 3.8) is 0 Å². The van der Waals surface area contributed by atoms with Crippen LogP contribution in [0.1, 0.15) is 26.5 Å². The fraction of sp³-hybridized carbons (Fsp3) is 0.0476. The number of benzene rings is 2. The van der Waals surface area contributed by atoms with E-state index in [4.69, 9.17) is 11.6 Å². The molecule has 0 atom stereocenters. The van der Waals surface area contributed by atoms with Gasteiger partial charge in [0, 0.05) is 33.9 Å². The van der Waals surface area contributed by atoms with E-state index >= 15 is 0 Å². The van der Waals surface area contributed by atoms with Crippen LogP contribution in [-0.2, 0) is 0 Å². The van der Waals surface area contributed by atoms with Crippen molar-refractivity contribution in [2.75, 3.05) is 0 Å². The van der Waals surface area contributed by atoms with Gasteiger partial charge in [0.05, 0.1) is 11.3 Å². The molecule has 0 aliphatic rings. The SMILES string of the molecule is Cc1cc(=O)c(C(=O)NNC(=O)c2c[nH]c3ccccc23)nn1-c1ccc(Cl)cc1. The fourth-order valence-corrected chi connectivity index (χ4v) is 3.17. The Labute approximate surface area is 175 Å². The quantitative estimate of drug-likeness (QED) is 0.442. The largest absolute Gasteiger partial charge is 0.360 e. The van der Waals surface area contributed by atoms with Gasteiger partial charge in [0.1, 0.15) is 0 Å². The van der Waals surface area contributed by atoms with Crippen molar-refractivity contribution >= 4 is 34.3 Å². The number of para-hydroxylation sites is 1. The van der Waals surface area contributed by atoms with E-state index in [1.54, 1.807) is 49.5 Å². The molecule has 0 unspecified atom stereocenters. The number of aryl methyl sites for hydroxylation is 1. The summed E-state index contributed by atoms with van der Waals surface area (Å²) in [5, 5.41) is 5.42. The number of carbonyl (C=O) groups excluding carboxylic acids is 2. The zero-order valence-corrected chi connectivity index (χ0v) is 16.5. The lowest BCUT2D eigenvalue weighted by Crippen LogP contribution is -2.44. The molecule has 0 fully saturated rings. The monoisotopic (exact) mass is 421 g/mol. The first-order chi connectivity index (χ1) is 14.4. The molecule has 150 valence electrons. The minimum absolute atomic E-state index is 0.352. The van der Waals surface area contributed by atoms with E-state index in [0.29, 0.717) is 27.4 Å². The van der Waals surface area contributed by atoms with Gasteiger partial charge < -0.3 is 4.98 Å². The Kier molecular flexibility index (Phi) is 5.07. The van der Waals surface area contributed by atoms with Crippen LogP contribution in [0.15, 0.2) is 65.6 Å². The molecular formula is C21H16ClN5O3. The molecule has 2 heterocycles. The van der Waals surface area contributed by atoms with Gasteiger partial charge in [-0.05, 0) is 37.3 Å². The Hall–Kier alpha value is -3.91. The number of aromatic amines is 1. The number of hydrogen-bond donors (Lipinski definition) is 3. The maximum atomic E-state index is 12.5. The maximum Gasteiger partial charge on any atom is 0.294 e. The molecule has 0 spiro atoms. The van der Waals surface area contributed by atoms with Crippen LogP contribution in [0.25, 0.3) is 16.6 Å². The number of rotatable bonds is 3. The second kappa shape index (κ2) is 7.84. The van der Waals surface area contributed by atoms with Crippen molar-refractivity contribution in [3.8, 4) is 5.69 Å². The molecule has 3 N–H and O–H groups in total. The van der Waals surface area contributed by atoms with Crippen LogP contribution in [-0.4, -0.2) is 26.6 Å². The van der Waals surface area contributed by atoms with E-state index < -0.39 is 17.2 Å². The van der Waals surface area contributed by atoms with Gasteiger partial charge in [-0.2, -0.15) is 5.10 Å². The molecule has 0 aliphatic carbocycles. The standard InChI is InChI=1S/C21H16ClN5O3/c1-12-10-18(28)19(26-27(12)14-8-6-13(22)7-9-14)21(30)25-24-20(29)16-11-23-17-5-3-2-4-15(16)17/h2-11,23H,1H3,(H,24,29)(H,25,30). The number of hydrogen-bond acceptors (Lipinski definition) is 4. The van der Waals surface area contributed by atoms with Crippen LogP contribution in [0.5, 0.6) is 0 Å². The summed E-state index contributed by atoms with van der Waals surface area (Å²) in [5.41, 5.74) is 5.99. The summed E-state index contributed by atoms with van der Waals surface area (Å²) < 4.78 is 1.45. The molecule has 2 amide bonds. The van der Waals surface area contributed by atoms with Crippen LogP contribution in [0.4, 0.5) is 0 Å². The molecule has 0 saturated carbocycles. The van der Waals surface area contributed by atoms with E-state index in [9.17, 15) is 14.4 Å². The third-order valence-corrected chi connectivity index (χ3v) is 4.77. The topological polar surface area (TPSA) is 109 Å². The van der Waals surface area contributed by atoms with E-state index in [1.807, 2.05) is 12.1 Å². The first-order valence-corrected chi connectivity index (χ1v) is 9.35. The molecule has 4 rings (SSSR count). The van der Waals surface area contributed by atoms with Crippen molar-refractivity contribution in [3.05, 3.63) is 93.0 Å². The first-order valence-electron chi connectivity index (χ1n) is 8.98. The van der Waals surface area contributed by atoms with Gasteiger partial charge >= 0.3 is 0 Å². The Morgan fingerprint density at radius 1 is 1.03 bits per heavy atom. The molecule has 4 aromatic rings. The Morgan fingerprint density at radius 3 is 2.50 bits per heavy atom. The van der Waals surface area contributed by atoms with Crippen molar-refractivity contribution in [1.29, 1.82) is 0 Å². The van der Waals surface area contributed by atoms with E-state index in [1.165, 1.54) is 10.7 Å². The number of fused-ring (bicyclic) bond motifs is 1. The lowest BCUT2D eigenvalue weighted by Gasteiger charge is -2.12. The van der Waals surface area contributed by atoms with E-state index in [0.717, 1.165) is 5.52 Å². The predicted octanol–water partition coefficient (Wildman–Crippen LogP) is 2.75. The van der Waals surface area contributed by atoms with Gasteiger partial charge in [0.2, 0.25) is 5.43 Å². The summed E-state index contributed by atoms with van der Waals surface area (Å²) in [4.78, 5) is 40.3. The van der Waals surface area contributed by atoms with Gasteiger partial charge in [0.25, 0.3) is 11.8 Å². The minimum Gasteiger partial charge on any atom is -0.360 e. The van der Waals surface area contributed by atoms with E-state index in [-0.39, 0.29) is 5.69 Å². The fourth-order valence-electron chi connectivity index (χ4n) is 3.05. The highest BCUT2D eigenvalue weighted by molar-refractivity contribution is 6.30. The van der Waals surface area contributed by atoms with Crippen LogP contribution < -0.4 is 16.3 Å². The number of nitrogens with zero attached hydrogens (tertiary/aromatic N) is 2. The van der Waals surface area contributed by atoms with Crippen molar-refractivity contribution < 1.29 is 9.59 Å². The number of aromatic nitrogens is 3. The number of halogens is 1. The van der Waals surface area contributed by atoms with Crippen LogP contribution in [0, 0.1) is 6.92 Å². The summed E-state index contributed by atoms with van der Waals surface area (Å²) in [6.45, 7) is 1.70. The molecule has 8 nitrogen and oxygen atoms in total. The van der Waals surface area contributed by atoms with Crippen LogP contribution in [0.3, 0.4) is 0 Å².